The Kier molecular flexibility index (Phi) is 29.9. The number of hydrogen-bond donors (Lipinski definition) is 0. The molecule has 2 aliphatic rings. The van der Waals surface area contributed by atoms with Crippen LogP contribution in [0.2, 0.25) is 0 Å². The minimum absolute atomic E-state index is 0. The van der Waals surface area contributed by atoms with Gasteiger partial charge < -0.3 is 36.3 Å². The molecule has 0 bridgehead atoms. The second-order valence-electron chi connectivity index (χ2n) is 18.0. The Labute approximate surface area is 509 Å². The topological polar surface area (TPSA) is 47.6 Å². The Morgan fingerprint density at radius 3 is 0.882 bits per heavy atom. The van der Waals surface area contributed by atoms with Crippen molar-refractivity contribution in [1.82, 2.24) is 0 Å². The predicted molar refractivity (Wildman–Crippen MR) is 312 cm³/mol. The van der Waals surface area contributed by atoms with E-state index in [2.05, 4.69) is 234 Å². The van der Waals surface area contributed by atoms with Gasteiger partial charge in [0.2, 0.25) is 0 Å². The zero-order chi connectivity index (χ0) is 50.3. The Morgan fingerprint density at radius 2 is 0.592 bits per heavy atom. The summed E-state index contributed by atoms with van der Waals surface area (Å²) >= 11 is 0. The molecule has 0 unspecified atom stereocenters. The van der Waals surface area contributed by atoms with Crippen LogP contribution >= 0.6 is 0 Å². The minimum atomic E-state index is 0. The maximum atomic E-state index is 7.50. The van der Waals surface area contributed by atoms with Crippen molar-refractivity contribution in [2.75, 3.05) is 0 Å². The number of hydrogen-bond acceptors (Lipinski definition) is 0. The number of fused-ring (bicyclic) bond motifs is 6. The third-order valence-electron chi connectivity index (χ3n) is 12.1. The number of nitrogens with one attached hydrogen (secondary N) is 2. The normalized spacial score (nSPS) is 10.3. The summed E-state index contributed by atoms with van der Waals surface area (Å²) in [5, 5.41) is 5.59. The fraction of sp³-hybridized carbons (Fsp3) is 0.118. The summed E-state index contributed by atoms with van der Waals surface area (Å²) in [5.41, 5.74) is 29.6. The molecule has 0 saturated heterocycles. The van der Waals surface area contributed by atoms with Crippen LogP contribution in [0.4, 0.5) is 11.4 Å². The van der Waals surface area contributed by atoms with Gasteiger partial charge in [0.1, 0.15) is 19.0 Å². The van der Waals surface area contributed by atoms with Crippen molar-refractivity contribution in [2.24, 2.45) is 0 Å². The van der Waals surface area contributed by atoms with Gasteiger partial charge in [0, 0.05) is 51.7 Å². The Morgan fingerprint density at radius 1 is 0.329 bits per heavy atom. The van der Waals surface area contributed by atoms with Crippen molar-refractivity contribution in [3.05, 3.63) is 312 Å². The van der Waals surface area contributed by atoms with Crippen LogP contribution in [-0.4, -0.2) is 19.0 Å². The van der Waals surface area contributed by atoms with E-state index in [1.165, 1.54) is 65.3 Å². The summed E-state index contributed by atoms with van der Waals surface area (Å²) in [5.74, 6) is 0.933. The maximum absolute atomic E-state index is 7.50. The molecule has 2 aliphatic carbocycles. The van der Waals surface area contributed by atoms with Crippen LogP contribution in [0.5, 0.6) is 0 Å². The maximum Gasteiger partial charge on any atom is 0.121 e. The van der Waals surface area contributed by atoms with E-state index in [0.717, 1.165) is 43.0 Å². The van der Waals surface area contributed by atoms with Gasteiger partial charge >= 0.3 is 0 Å². The SMILES string of the molecule is CC(C)c1ccccc1[NH-].CC(C)c1ccccc1[NH-].[Cl-].[Cl-].[Hf].[Hf].[c-]1cccc2c1Cc1ccccc1-2.[c-]1cccc2c1Cc1ccccc1-2.c1ccc([Si]c2ccccc2)cc1.c1ccc([Si]c2ccccc2)cc1. The number of halogens is 2. The van der Waals surface area contributed by atoms with Crippen molar-refractivity contribution in [3.8, 4) is 22.3 Å². The predicted octanol–water partition coefficient (Wildman–Crippen LogP) is 9.79. The quantitative estimate of drug-likeness (QED) is 0.118. The van der Waals surface area contributed by atoms with Crippen LogP contribution in [0.15, 0.2) is 255 Å². The molecule has 76 heavy (non-hydrogen) atoms. The van der Waals surface area contributed by atoms with Crippen molar-refractivity contribution < 1.29 is 76.5 Å². The van der Waals surface area contributed by atoms with Gasteiger partial charge in [0.25, 0.3) is 0 Å². The molecule has 2 nitrogen and oxygen atoms in total. The van der Waals surface area contributed by atoms with Crippen molar-refractivity contribution in [1.29, 1.82) is 0 Å². The standard InChI is InChI=1S/2C13H9.2C12H10Si.2C9H12N.2ClH.2Hf/c2*1-3-7-12-10(5-1)9-11-6-2-4-8-13(11)12;2*1-3-7-11(8-4-1)13-12-9-5-2-6-10-12;2*1-7(2)8-5-3-4-6-9(8)10;;;;/h2*1-5,7-8H,9H2;2*1-10H;2*3-7,10H,1-2H3;2*1H;;/q2*-1;;;2*-1;;;;/p-2. The second-order valence-corrected chi connectivity index (χ2v) is 20.8. The van der Waals surface area contributed by atoms with Gasteiger partial charge in [-0.15, -0.1) is 22.5 Å². The van der Waals surface area contributed by atoms with E-state index < -0.39 is 0 Å². The largest absolute Gasteiger partial charge is 1.00 e. The third kappa shape index (κ3) is 20.2. The average molecular weight is 1390 g/mol. The molecule has 0 aromatic heterocycles. The van der Waals surface area contributed by atoms with E-state index in [9.17, 15) is 0 Å². The molecule has 0 aliphatic heterocycles. The van der Waals surface area contributed by atoms with Crippen molar-refractivity contribution in [2.45, 2.75) is 52.4 Å². The molecule has 0 amide bonds. The minimum Gasteiger partial charge on any atom is -1.00 e. The van der Waals surface area contributed by atoms with Crippen LogP contribution in [-0.2, 0) is 64.5 Å². The molecule has 380 valence electrons. The van der Waals surface area contributed by atoms with E-state index >= 15 is 0 Å². The van der Waals surface area contributed by atoms with Crippen LogP contribution in [0, 0.1) is 12.1 Å². The summed E-state index contributed by atoms with van der Waals surface area (Å²) in [6.07, 6.45) is 2.10. The third-order valence-corrected chi connectivity index (χ3v) is 14.6. The molecule has 0 spiro atoms. The summed E-state index contributed by atoms with van der Waals surface area (Å²) in [6.45, 7) is 8.42. The van der Waals surface area contributed by atoms with E-state index in [0.29, 0.717) is 23.2 Å². The molecule has 0 heterocycles. The first-order chi connectivity index (χ1) is 35.2. The molecular formula is C68H62Cl2Hf2N2Si2-6. The van der Waals surface area contributed by atoms with Crippen molar-refractivity contribution in [3.63, 3.8) is 0 Å². The zero-order valence-corrected chi connectivity index (χ0v) is 54.3. The molecule has 10 aromatic carbocycles. The van der Waals surface area contributed by atoms with Crippen LogP contribution in [0.25, 0.3) is 33.7 Å². The second kappa shape index (κ2) is 35.1. The summed E-state index contributed by atoms with van der Waals surface area (Å²) < 4.78 is 0. The van der Waals surface area contributed by atoms with Gasteiger partial charge in [0.15, 0.2) is 0 Å². The van der Waals surface area contributed by atoms with E-state index in [1.54, 1.807) is 0 Å². The molecule has 0 saturated carbocycles. The molecule has 4 radical (unpaired) electrons. The number of benzene rings is 10. The average Bonchev–Trinajstić information content (AvgIpc) is 4.00. The van der Waals surface area contributed by atoms with Crippen LogP contribution < -0.4 is 45.6 Å². The summed E-state index contributed by atoms with van der Waals surface area (Å²) in [7, 11) is 1.55. The van der Waals surface area contributed by atoms with Gasteiger partial charge in [-0.05, 0) is 24.7 Å². The first-order valence-electron chi connectivity index (χ1n) is 24.7. The van der Waals surface area contributed by atoms with Crippen LogP contribution in [0.3, 0.4) is 0 Å². The molecule has 12 rings (SSSR count). The molecular weight excluding hydrogens is 1330 g/mol. The first kappa shape index (κ1) is 64.8. The van der Waals surface area contributed by atoms with Gasteiger partial charge in [-0.2, -0.15) is 59.7 Å². The van der Waals surface area contributed by atoms with E-state index in [1.807, 2.05) is 60.7 Å². The van der Waals surface area contributed by atoms with Crippen LogP contribution in [0.1, 0.15) is 72.9 Å². The van der Waals surface area contributed by atoms with Gasteiger partial charge in [-0.3, -0.25) is 0 Å². The molecule has 8 heteroatoms. The fourth-order valence-corrected chi connectivity index (χ4v) is 10.5. The molecule has 10 aromatic rings. The number of rotatable bonds is 6. The summed E-state index contributed by atoms with van der Waals surface area (Å²) in [4.78, 5) is 0. The van der Waals surface area contributed by atoms with E-state index in [-0.39, 0.29) is 76.5 Å². The van der Waals surface area contributed by atoms with Gasteiger partial charge in [0.05, 0.1) is 0 Å². The molecule has 0 fully saturated rings. The fourth-order valence-electron chi connectivity index (χ4n) is 8.42. The van der Waals surface area contributed by atoms with Gasteiger partial charge in [-0.1, -0.05) is 300 Å². The molecule has 0 atom stereocenters. The van der Waals surface area contributed by atoms with Gasteiger partial charge in [-0.25, -0.2) is 0 Å². The Balaban J connectivity index is 0.000000239. The monoisotopic (exact) mass is 1390 g/mol. The molecule has 2 N–H and O–H groups in total. The van der Waals surface area contributed by atoms with E-state index in [4.69, 9.17) is 11.5 Å². The Bertz CT molecular complexity index is 2800. The van der Waals surface area contributed by atoms with Crippen molar-refractivity contribution >= 4 is 51.2 Å². The summed E-state index contributed by atoms with van der Waals surface area (Å²) in [6, 6.07) is 93.9. The Hall–Kier alpha value is -5.45. The smallest absolute Gasteiger partial charge is 0.121 e. The zero-order valence-electron chi connectivity index (χ0n) is 43.6. The first-order valence-corrected chi connectivity index (χ1v) is 26.7.